The van der Waals surface area contributed by atoms with Crippen molar-refractivity contribution < 1.29 is 4.39 Å². The summed E-state index contributed by atoms with van der Waals surface area (Å²) in [5.74, 6) is -0.452. The van der Waals surface area contributed by atoms with E-state index in [1.54, 1.807) is 12.1 Å². The van der Waals surface area contributed by atoms with E-state index in [0.717, 1.165) is 10.8 Å². The molecule has 0 bridgehead atoms. The van der Waals surface area contributed by atoms with Crippen molar-refractivity contribution in [1.82, 2.24) is 15.2 Å². The van der Waals surface area contributed by atoms with Gasteiger partial charge in [-0.3, -0.25) is 9.89 Å². The first-order chi connectivity index (χ1) is 13.6. The van der Waals surface area contributed by atoms with E-state index in [-0.39, 0.29) is 11.2 Å². The predicted molar refractivity (Wildman–Crippen MR) is 106 cm³/mol. The number of nitrogens with zero attached hydrogens (tertiary/aromatic N) is 2. The Labute approximate surface area is 157 Å². The number of halogens is 1. The van der Waals surface area contributed by atoms with E-state index in [9.17, 15) is 14.4 Å². The molecule has 4 N–H and O–H groups in total. The smallest absolute Gasteiger partial charge is 0.272 e. The van der Waals surface area contributed by atoms with Crippen molar-refractivity contribution in [3.63, 3.8) is 0 Å². The number of anilines is 1. The Bertz CT molecular complexity index is 1520. The third-order valence-electron chi connectivity index (χ3n) is 5.02. The molecule has 0 aliphatic carbocycles. The minimum atomic E-state index is -0.452. The standard InChI is InChI=1S/C21H12FN5O/c22-16-6-5-12(15-9-25-27-20(15)16)17-14-7-10(8-23)11-3-1-2-4-13(11)19(14)26-21(28)18(17)24/h1-7,9H,24H2,(H,25,27)(H,26,28). The van der Waals surface area contributed by atoms with E-state index < -0.39 is 11.4 Å². The van der Waals surface area contributed by atoms with Gasteiger partial charge in [-0.2, -0.15) is 10.4 Å². The van der Waals surface area contributed by atoms with Crippen LogP contribution in [-0.4, -0.2) is 15.2 Å². The van der Waals surface area contributed by atoms with Gasteiger partial charge in [-0.25, -0.2) is 4.39 Å². The lowest BCUT2D eigenvalue weighted by atomic mass is 9.93. The van der Waals surface area contributed by atoms with Gasteiger partial charge in [0, 0.05) is 27.1 Å². The van der Waals surface area contributed by atoms with Crippen molar-refractivity contribution in [1.29, 1.82) is 5.26 Å². The lowest BCUT2D eigenvalue weighted by Gasteiger charge is -2.14. The number of nitrogens with two attached hydrogens (primary N) is 1. The number of nitriles is 1. The third kappa shape index (κ3) is 2.06. The van der Waals surface area contributed by atoms with Crippen LogP contribution < -0.4 is 11.3 Å². The minimum absolute atomic E-state index is 0.000721. The first-order valence-corrected chi connectivity index (χ1v) is 8.49. The minimum Gasteiger partial charge on any atom is -0.394 e. The van der Waals surface area contributed by atoms with Crippen LogP contribution in [0, 0.1) is 17.1 Å². The zero-order valence-corrected chi connectivity index (χ0v) is 14.4. The number of H-pyrrole nitrogens is 2. The summed E-state index contributed by atoms with van der Waals surface area (Å²) in [5.41, 5.74) is 8.00. The summed E-state index contributed by atoms with van der Waals surface area (Å²) in [6.45, 7) is 0. The molecule has 5 aromatic rings. The second kappa shape index (κ2) is 5.66. The van der Waals surface area contributed by atoms with Crippen molar-refractivity contribution in [3.8, 4) is 17.2 Å². The molecule has 5 rings (SSSR count). The lowest BCUT2D eigenvalue weighted by molar-refractivity contribution is 0.636. The van der Waals surface area contributed by atoms with Crippen LogP contribution in [0.25, 0.3) is 43.7 Å². The van der Waals surface area contributed by atoms with Crippen LogP contribution in [-0.2, 0) is 0 Å². The molecule has 2 aromatic heterocycles. The van der Waals surface area contributed by atoms with Crippen LogP contribution in [0.15, 0.2) is 53.5 Å². The summed E-state index contributed by atoms with van der Waals surface area (Å²) in [6.07, 6.45) is 1.49. The maximum Gasteiger partial charge on any atom is 0.272 e. The molecule has 0 atom stereocenters. The number of pyridine rings is 1. The Morgan fingerprint density at radius 2 is 1.82 bits per heavy atom. The van der Waals surface area contributed by atoms with E-state index in [1.807, 2.05) is 24.3 Å². The van der Waals surface area contributed by atoms with Crippen molar-refractivity contribution in [3.05, 3.63) is 70.4 Å². The van der Waals surface area contributed by atoms with E-state index >= 15 is 0 Å². The first kappa shape index (κ1) is 16.0. The van der Waals surface area contributed by atoms with E-state index in [1.165, 1.54) is 12.3 Å². The molecule has 0 fully saturated rings. The maximum atomic E-state index is 14.1. The molecule has 0 aliphatic rings. The summed E-state index contributed by atoms with van der Waals surface area (Å²) in [6, 6.07) is 14.1. The number of aromatic amines is 2. The van der Waals surface area contributed by atoms with Gasteiger partial charge in [0.1, 0.15) is 17.0 Å². The molecule has 134 valence electrons. The highest BCUT2D eigenvalue weighted by atomic mass is 19.1. The van der Waals surface area contributed by atoms with Gasteiger partial charge in [-0.15, -0.1) is 0 Å². The number of benzene rings is 3. The average molecular weight is 369 g/mol. The van der Waals surface area contributed by atoms with Crippen molar-refractivity contribution in [2.45, 2.75) is 0 Å². The highest BCUT2D eigenvalue weighted by Crippen LogP contribution is 2.38. The number of fused-ring (bicyclic) bond motifs is 4. The third-order valence-corrected chi connectivity index (χ3v) is 5.02. The fourth-order valence-electron chi connectivity index (χ4n) is 3.75. The molecular formula is C21H12FN5O. The Balaban J connectivity index is 2.05. The number of nitrogens with one attached hydrogen (secondary N) is 2. The Morgan fingerprint density at radius 3 is 2.61 bits per heavy atom. The first-order valence-electron chi connectivity index (χ1n) is 8.49. The Kier molecular flexibility index (Phi) is 3.24. The van der Waals surface area contributed by atoms with Crippen LogP contribution in [0.2, 0.25) is 0 Å². The molecule has 3 aromatic carbocycles. The highest BCUT2D eigenvalue weighted by molar-refractivity contribution is 6.16. The molecule has 0 saturated heterocycles. The second-order valence-corrected chi connectivity index (χ2v) is 6.50. The molecule has 2 heterocycles. The van der Waals surface area contributed by atoms with Crippen LogP contribution in [0.3, 0.4) is 0 Å². The van der Waals surface area contributed by atoms with Crippen molar-refractivity contribution in [2.24, 2.45) is 0 Å². The van der Waals surface area contributed by atoms with Gasteiger partial charge < -0.3 is 10.7 Å². The van der Waals surface area contributed by atoms with Gasteiger partial charge >= 0.3 is 0 Å². The summed E-state index contributed by atoms with van der Waals surface area (Å²) >= 11 is 0. The van der Waals surface area contributed by atoms with Crippen LogP contribution in [0.4, 0.5) is 10.1 Å². The number of nitrogen functional groups attached to an aromatic ring is 1. The summed E-state index contributed by atoms with van der Waals surface area (Å²) in [7, 11) is 0. The largest absolute Gasteiger partial charge is 0.394 e. The Hall–Kier alpha value is -4.18. The molecule has 0 amide bonds. The van der Waals surface area contributed by atoms with Gasteiger partial charge in [-0.1, -0.05) is 30.3 Å². The van der Waals surface area contributed by atoms with Gasteiger partial charge in [0.25, 0.3) is 5.56 Å². The molecule has 28 heavy (non-hydrogen) atoms. The zero-order valence-electron chi connectivity index (χ0n) is 14.4. The Morgan fingerprint density at radius 1 is 1.04 bits per heavy atom. The van der Waals surface area contributed by atoms with Crippen LogP contribution >= 0.6 is 0 Å². The average Bonchev–Trinajstić information content (AvgIpc) is 3.21. The van der Waals surface area contributed by atoms with E-state index in [0.29, 0.717) is 33.0 Å². The predicted octanol–water partition coefficient (Wildman–Crippen LogP) is 3.82. The molecule has 7 heteroatoms. The van der Waals surface area contributed by atoms with Gasteiger partial charge in [0.2, 0.25) is 0 Å². The molecule has 0 radical (unpaired) electrons. The van der Waals surface area contributed by atoms with Gasteiger partial charge in [0.05, 0.1) is 23.3 Å². The maximum absolute atomic E-state index is 14.1. The monoisotopic (exact) mass is 369 g/mol. The lowest BCUT2D eigenvalue weighted by Crippen LogP contribution is -2.14. The second-order valence-electron chi connectivity index (χ2n) is 6.50. The zero-order chi connectivity index (χ0) is 19.4. The molecule has 0 spiro atoms. The fraction of sp³-hybridized carbons (Fsp3) is 0. The van der Waals surface area contributed by atoms with E-state index in [2.05, 4.69) is 21.3 Å². The molecule has 0 saturated carbocycles. The molecule has 0 aliphatic heterocycles. The summed E-state index contributed by atoms with van der Waals surface area (Å²) in [5, 5.41) is 18.8. The number of hydrogen-bond donors (Lipinski definition) is 3. The summed E-state index contributed by atoms with van der Waals surface area (Å²) < 4.78 is 14.1. The van der Waals surface area contributed by atoms with Gasteiger partial charge in [-0.05, 0) is 17.7 Å². The summed E-state index contributed by atoms with van der Waals surface area (Å²) in [4.78, 5) is 15.5. The number of aromatic nitrogens is 3. The quantitative estimate of drug-likeness (QED) is 0.390. The van der Waals surface area contributed by atoms with Crippen LogP contribution in [0.5, 0.6) is 0 Å². The van der Waals surface area contributed by atoms with Crippen molar-refractivity contribution in [2.75, 3.05) is 5.73 Å². The number of hydrogen-bond acceptors (Lipinski definition) is 4. The van der Waals surface area contributed by atoms with Gasteiger partial charge in [0.15, 0.2) is 0 Å². The van der Waals surface area contributed by atoms with Crippen LogP contribution in [0.1, 0.15) is 5.56 Å². The number of rotatable bonds is 1. The topological polar surface area (TPSA) is 111 Å². The molecule has 6 nitrogen and oxygen atoms in total. The molecular weight excluding hydrogens is 357 g/mol. The normalized spacial score (nSPS) is 11.3. The fourth-order valence-corrected chi connectivity index (χ4v) is 3.75. The SMILES string of the molecule is N#Cc1cc2c(-c3ccc(F)c4[nH]ncc34)c(N)c(=O)[nH]c2c2ccccc12. The van der Waals surface area contributed by atoms with Crippen molar-refractivity contribution >= 4 is 38.3 Å². The molecule has 0 unspecified atom stereocenters. The highest BCUT2D eigenvalue weighted by Gasteiger charge is 2.19. The van der Waals surface area contributed by atoms with E-state index in [4.69, 9.17) is 5.73 Å².